The fraction of sp³-hybridized carbons (Fsp3) is 0.375. The quantitative estimate of drug-likeness (QED) is 0.296. The maximum Gasteiger partial charge on any atom is 0.264 e. The molecule has 4 saturated carbocycles. The zero-order valence-corrected chi connectivity index (χ0v) is 25.3. The first-order valence-electron chi connectivity index (χ1n) is 13.8. The second-order valence-electron chi connectivity index (χ2n) is 12.0. The summed E-state index contributed by atoms with van der Waals surface area (Å²) in [7, 11) is 0. The summed E-state index contributed by atoms with van der Waals surface area (Å²) in [6.07, 6.45) is 10.5. The first kappa shape index (κ1) is 25.7. The molecule has 1 amide bonds. The number of halogens is 2. The van der Waals surface area contributed by atoms with Crippen LogP contribution in [0.4, 0.5) is 5.69 Å². The van der Waals surface area contributed by atoms with Crippen molar-refractivity contribution in [3.8, 4) is 5.69 Å². The zero-order valence-electron chi connectivity index (χ0n) is 22.1. The van der Waals surface area contributed by atoms with Crippen LogP contribution in [-0.4, -0.2) is 15.6 Å². The second-order valence-corrected chi connectivity index (χ2v) is 14.3. The number of aliphatic imine (C=N–C) groups is 1. The molecule has 200 valence electrons. The molecule has 1 saturated heterocycles. The van der Waals surface area contributed by atoms with Gasteiger partial charge in [-0.15, -0.1) is 0 Å². The van der Waals surface area contributed by atoms with Gasteiger partial charge in [-0.2, -0.15) is 0 Å². The van der Waals surface area contributed by atoms with Gasteiger partial charge in [0.05, 0.1) is 15.6 Å². The van der Waals surface area contributed by atoms with Crippen molar-refractivity contribution in [3.05, 3.63) is 85.4 Å². The van der Waals surface area contributed by atoms with E-state index in [1.807, 2.05) is 18.2 Å². The summed E-state index contributed by atoms with van der Waals surface area (Å²) >= 11 is 11.0. The van der Waals surface area contributed by atoms with Gasteiger partial charge in [-0.05, 0) is 157 Å². The molecular formula is C32H31BrClN3OS. The molecule has 2 aromatic carbocycles. The Morgan fingerprint density at radius 3 is 2.33 bits per heavy atom. The van der Waals surface area contributed by atoms with E-state index in [-0.39, 0.29) is 5.91 Å². The number of benzene rings is 2. The highest BCUT2D eigenvalue weighted by Gasteiger charge is 2.51. The third-order valence-corrected chi connectivity index (χ3v) is 11.5. The van der Waals surface area contributed by atoms with Crippen molar-refractivity contribution in [2.24, 2.45) is 22.7 Å². The number of hydrogen-bond donors (Lipinski definition) is 1. The van der Waals surface area contributed by atoms with E-state index >= 15 is 0 Å². The average molecular weight is 621 g/mol. The van der Waals surface area contributed by atoms with Gasteiger partial charge >= 0.3 is 0 Å². The molecule has 4 nitrogen and oxygen atoms in total. The Hall–Kier alpha value is -2.28. The highest BCUT2D eigenvalue weighted by atomic mass is 79.9. The van der Waals surface area contributed by atoms with Crippen LogP contribution >= 0.6 is 39.3 Å². The van der Waals surface area contributed by atoms with Crippen LogP contribution in [0.1, 0.15) is 61.0 Å². The van der Waals surface area contributed by atoms with Crippen LogP contribution in [0.3, 0.4) is 0 Å². The van der Waals surface area contributed by atoms with Crippen molar-refractivity contribution in [1.29, 1.82) is 0 Å². The van der Waals surface area contributed by atoms with Gasteiger partial charge in [-0.1, -0.05) is 23.7 Å². The minimum Gasteiger partial charge on any atom is -0.318 e. The van der Waals surface area contributed by atoms with Gasteiger partial charge in [0, 0.05) is 21.5 Å². The summed E-state index contributed by atoms with van der Waals surface area (Å²) < 4.78 is 3.11. The fourth-order valence-corrected chi connectivity index (χ4v) is 9.31. The van der Waals surface area contributed by atoms with Crippen LogP contribution in [-0.2, 0) is 10.2 Å². The zero-order chi connectivity index (χ0) is 26.9. The third-order valence-electron chi connectivity index (χ3n) is 9.32. The van der Waals surface area contributed by atoms with Crippen LogP contribution in [0.2, 0.25) is 5.02 Å². The Morgan fingerprint density at radius 2 is 1.69 bits per heavy atom. The standard InChI is InChI=1S/C32H31BrClN3OS/c1-18-9-23(13-29-30(38)36-31(39-29)35-25-5-8-27(33)28(34)14-25)19(2)37(18)26-6-3-24(4-7-26)32-15-20-10-21(16-32)12-22(11-20)17-32/h3-9,13-14,20-22H,10-12,15-17H2,1-2H3,(H,35,36,38)/b29-13-. The highest BCUT2D eigenvalue weighted by molar-refractivity contribution is 9.10. The third kappa shape index (κ3) is 4.62. The molecule has 39 heavy (non-hydrogen) atoms. The minimum absolute atomic E-state index is 0.133. The van der Waals surface area contributed by atoms with E-state index in [1.165, 1.54) is 56.0 Å². The first-order chi connectivity index (χ1) is 18.8. The van der Waals surface area contributed by atoms with Gasteiger partial charge in [0.1, 0.15) is 0 Å². The summed E-state index contributed by atoms with van der Waals surface area (Å²) in [6, 6.07) is 17.0. The van der Waals surface area contributed by atoms with Crippen LogP contribution in [0.25, 0.3) is 11.8 Å². The van der Waals surface area contributed by atoms with Crippen molar-refractivity contribution in [2.75, 3.05) is 0 Å². The van der Waals surface area contributed by atoms with Crippen LogP contribution < -0.4 is 5.32 Å². The van der Waals surface area contributed by atoms with Gasteiger partial charge in [0.25, 0.3) is 5.91 Å². The number of aryl methyl sites for hydroxylation is 1. The average Bonchev–Trinajstić information content (AvgIpc) is 3.37. The number of nitrogens with zero attached hydrogens (tertiary/aromatic N) is 2. The number of thioether (sulfide) groups is 1. The molecule has 7 heteroatoms. The molecule has 0 unspecified atom stereocenters. The SMILES string of the molecule is Cc1cc(/C=C2\SC(=Nc3ccc(Br)c(Cl)c3)NC2=O)c(C)n1-c1ccc(C23CC4CC(CC(C4)C2)C3)cc1. The van der Waals surface area contributed by atoms with Crippen molar-refractivity contribution < 1.29 is 4.79 Å². The Bertz CT molecular complexity index is 1520. The van der Waals surface area contributed by atoms with E-state index in [2.05, 4.69) is 75.0 Å². The minimum atomic E-state index is -0.133. The van der Waals surface area contributed by atoms with Crippen molar-refractivity contribution >= 4 is 62.1 Å². The molecule has 2 heterocycles. The number of nitrogens with one attached hydrogen (secondary N) is 1. The predicted octanol–water partition coefficient (Wildman–Crippen LogP) is 8.87. The Balaban J connectivity index is 1.13. The molecule has 4 aliphatic carbocycles. The van der Waals surface area contributed by atoms with Crippen LogP contribution in [0, 0.1) is 31.6 Å². The lowest BCUT2D eigenvalue weighted by atomic mass is 9.48. The molecule has 1 N–H and O–H groups in total. The Labute approximate surface area is 247 Å². The normalized spacial score (nSPS) is 29.5. The maximum atomic E-state index is 12.8. The molecule has 4 bridgehead atoms. The molecule has 3 aromatic rings. The summed E-state index contributed by atoms with van der Waals surface area (Å²) in [5.74, 6) is 2.71. The number of aromatic nitrogens is 1. The molecule has 0 spiro atoms. The fourth-order valence-electron chi connectivity index (χ4n) is 8.05. The Morgan fingerprint density at radius 1 is 1.03 bits per heavy atom. The first-order valence-corrected chi connectivity index (χ1v) is 15.8. The van der Waals surface area contributed by atoms with Gasteiger partial charge < -0.3 is 9.88 Å². The molecular weight excluding hydrogens is 590 g/mol. The summed E-state index contributed by atoms with van der Waals surface area (Å²) in [5, 5.41) is 4.02. The molecule has 1 aromatic heterocycles. The maximum absolute atomic E-state index is 12.8. The topological polar surface area (TPSA) is 46.4 Å². The van der Waals surface area contributed by atoms with Crippen molar-refractivity contribution in [2.45, 2.75) is 57.8 Å². The lowest BCUT2D eigenvalue weighted by Gasteiger charge is -2.57. The molecule has 5 fully saturated rings. The number of rotatable bonds is 4. The van der Waals surface area contributed by atoms with E-state index in [0.29, 0.717) is 26.2 Å². The molecule has 0 atom stereocenters. The predicted molar refractivity (Wildman–Crippen MR) is 165 cm³/mol. The Kier molecular flexibility index (Phi) is 6.37. The van der Waals surface area contributed by atoms with E-state index in [0.717, 1.165) is 39.2 Å². The monoisotopic (exact) mass is 619 g/mol. The number of carbonyl (C=O) groups is 1. The van der Waals surface area contributed by atoms with E-state index in [9.17, 15) is 4.79 Å². The van der Waals surface area contributed by atoms with Crippen molar-refractivity contribution in [1.82, 2.24) is 9.88 Å². The molecule has 5 aliphatic rings. The van der Waals surface area contributed by atoms with Gasteiger partial charge in [0.15, 0.2) is 5.17 Å². The largest absolute Gasteiger partial charge is 0.318 e. The second kappa shape index (κ2) is 9.67. The van der Waals surface area contributed by atoms with Gasteiger partial charge in [-0.25, -0.2) is 4.99 Å². The number of hydrogen-bond acceptors (Lipinski definition) is 3. The van der Waals surface area contributed by atoms with Crippen LogP contribution in [0.5, 0.6) is 0 Å². The summed E-state index contributed by atoms with van der Waals surface area (Å²) in [5.41, 5.74) is 7.17. The summed E-state index contributed by atoms with van der Waals surface area (Å²) in [4.78, 5) is 18.0. The van der Waals surface area contributed by atoms with E-state index in [4.69, 9.17) is 11.6 Å². The molecule has 0 radical (unpaired) electrons. The van der Waals surface area contributed by atoms with Gasteiger partial charge in [0.2, 0.25) is 0 Å². The lowest BCUT2D eigenvalue weighted by Crippen LogP contribution is -2.48. The number of amidine groups is 1. The molecule has 8 rings (SSSR count). The van der Waals surface area contributed by atoms with E-state index in [1.54, 1.807) is 11.6 Å². The number of carbonyl (C=O) groups excluding carboxylic acids is 1. The molecule has 1 aliphatic heterocycles. The van der Waals surface area contributed by atoms with E-state index < -0.39 is 0 Å². The van der Waals surface area contributed by atoms with Crippen molar-refractivity contribution in [3.63, 3.8) is 0 Å². The summed E-state index contributed by atoms with van der Waals surface area (Å²) in [6.45, 7) is 4.26. The van der Waals surface area contributed by atoms with Gasteiger partial charge in [-0.3, -0.25) is 4.79 Å². The highest BCUT2D eigenvalue weighted by Crippen LogP contribution is 2.60. The lowest BCUT2D eigenvalue weighted by molar-refractivity contribution is -0.115. The number of amides is 1. The smallest absolute Gasteiger partial charge is 0.264 e. The van der Waals surface area contributed by atoms with Crippen LogP contribution in [0.15, 0.2) is 62.9 Å².